The molecular weight excluding hydrogens is 282 g/mol. The molecule has 0 spiro atoms. The molecule has 2 aromatic rings. The van der Waals surface area contributed by atoms with Crippen LogP contribution in [0.15, 0.2) is 47.6 Å². The lowest BCUT2D eigenvalue weighted by atomic mass is 10.1. The second kappa shape index (κ2) is 5.77. The molecule has 0 saturated heterocycles. The topological polar surface area (TPSA) is 85.9 Å². The first-order chi connectivity index (χ1) is 10.6. The van der Waals surface area contributed by atoms with Gasteiger partial charge >= 0.3 is 0 Å². The van der Waals surface area contributed by atoms with Gasteiger partial charge in [0.15, 0.2) is 11.5 Å². The number of hydrogen-bond donors (Lipinski definition) is 2. The molecule has 112 valence electrons. The van der Waals surface area contributed by atoms with Gasteiger partial charge in [0.25, 0.3) is 5.91 Å². The third-order valence-electron chi connectivity index (χ3n) is 3.26. The van der Waals surface area contributed by atoms with Crippen LogP contribution < -0.4 is 20.6 Å². The average Bonchev–Trinajstić information content (AvgIpc) is 2.99. The number of carbonyl (C=O) groups excluding carboxylic acids is 1. The molecule has 0 bridgehead atoms. The molecule has 0 aliphatic carbocycles. The van der Waals surface area contributed by atoms with Crippen LogP contribution in [0.2, 0.25) is 0 Å². The highest BCUT2D eigenvalue weighted by Crippen LogP contribution is 2.32. The first-order valence-electron chi connectivity index (χ1n) is 6.74. The molecular formula is C16H15N3O3. The zero-order chi connectivity index (χ0) is 15.5. The minimum Gasteiger partial charge on any atom is -0.454 e. The van der Waals surface area contributed by atoms with E-state index in [-0.39, 0.29) is 12.7 Å². The Morgan fingerprint density at radius 1 is 1.14 bits per heavy atom. The number of ether oxygens (including phenoxy) is 2. The van der Waals surface area contributed by atoms with Crippen molar-refractivity contribution in [1.29, 1.82) is 0 Å². The van der Waals surface area contributed by atoms with Crippen LogP contribution in [0.4, 0.5) is 5.69 Å². The van der Waals surface area contributed by atoms with Gasteiger partial charge in [0.05, 0.1) is 5.71 Å². The molecule has 0 radical (unpaired) electrons. The Morgan fingerprint density at radius 3 is 2.77 bits per heavy atom. The van der Waals surface area contributed by atoms with Crippen molar-refractivity contribution in [3.05, 3.63) is 53.6 Å². The van der Waals surface area contributed by atoms with Crippen molar-refractivity contribution in [3.63, 3.8) is 0 Å². The van der Waals surface area contributed by atoms with E-state index in [0.717, 1.165) is 5.56 Å². The molecule has 0 unspecified atom stereocenters. The van der Waals surface area contributed by atoms with Crippen LogP contribution in [0, 0.1) is 0 Å². The first kappa shape index (κ1) is 13.9. The number of amides is 1. The molecule has 1 heterocycles. The Labute approximate surface area is 127 Å². The monoisotopic (exact) mass is 297 g/mol. The number of rotatable bonds is 3. The highest BCUT2D eigenvalue weighted by Gasteiger charge is 2.16. The van der Waals surface area contributed by atoms with Crippen LogP contribution in [0.1, 0.15) is 22.8 Å². The van der Waals surface area contributed by atoms with E-state index < -0.39 is 0 Å². The summed E-state index contributed by atoms with van der Waals surface area (Å²) in [6.45, 7) is 1.97. The number of nitrogens with one attached hydrogen (secondary N) is 1. The lowest BCUT2D eigenvalue weighted by Gasteiger charge is -2.04. The van der Waals surface area contributed by atoms with Crippen LogP contribution in [-0.4, -0.2) is 18.4 Å². The molecule has 1 aliphatic heterocycles. The fraction of sp³-hybridized carbons (Fsp3) is 0.125. The van der Waals surface area contributed by atoms with Crippen LogP contribution in [0.3, 0.4) is 0 Å². The van der Waals surface area contributed by atoms with Crippen molar-refractivity contribution in [1.82, 2.24) is 5.43 Å². The van der Waals surface area contributed by atoms with Crippen molar-refractivity contribution >= 4 is 17.3 Å². The molecule has 6 nitrogen and oxygen atoms in total. The summed E-state index contributed by atoms with van der Waals surface area (Å²) in [4.78, 5) is 12.1. The molecule has 0 fully saturated rings. The van der Waals surface area contributed by atoms with Gasteiger partial charge in [-0.3, -0.25) is 4.79 Å². The quantitative estimate of drug-likeness (QED) is 0.516. The normalized spacial score (nSPS) is 13.0. The predicted molar refractivity (Wildman–Crippen MR) is 83.1 cm³/mol. The highest BCUT2D eigenvalue weighted by molar-refractivity contribution is 6.01. The largest absolute Gasteiger partial charge is 0.454 e. The van der Waals surface area contributed by atoms with Gasteiger partial charge in [-0.15, -0.1) is 0 Å². The number of hydrogen-bond acceptors (Lipinski definition) is 5. The molecule has 6 heteroatoms. The maximum absolute atomic E-state index is 12.1. The van der Waals surface area contributed by atoms with Crippen LogP contribution in [0.5, 0.6) is 11.5 Å². The fourth-order valence-electron chi connectivity index (χ4n) is 2.07. The second-order valence-corrected chi connectivity index (χ2v) is 4.83. The minimum absolute atomic E-state index is 0.174. The Bertz CT molecular complexity index is 756. The van der Waals surface area contributed by atoms with E-state index in [1.54, 1.807) is 37.3 Å². The van der Waals surface area contributed by atoms with Crippen molar-refractivity contribution < 1.29 is 14.3 Å². The van der Waals surface area contributed by atoms with E-state index in [1.807, 2.05) is 12.1 Å². The maximum Gasteiger partial charge on any atom is 0.271 e. The first-order valence-corrected chi connectivity index (χ1v) is 6.74. The van der Waals surface area contributed by atoms with Gasteiger partial charge in [0.2, 0.25) is 6.79 Å². The van der Waals surface area contributed by atoms with Gasteiger partial charge in [-0.2, -0.15) is 5.10 Å². The molecule has 3 rings (SSSR count). The zero-order valence-corrected chi connectivity index (χ0v) is 12.0. The SMILES string of the molecule is C/C(=N/NC(=O)c1ccc2c(c1)OCO2)c1cccc(N)c1. The van der Waals surface area contributed by atoms with Gasteiger partial charge in [-0.05, 0) is 42.8 Å². The summed E-state index contributed by atoms with van der Waals surface area (Å²) in [5, 5.41) is 4.09. The van der Waals surface area contributed by atoms with Crippen LogP contribution in [-0.2, 0) is 0 Å². The number of hydrazone groups is 1. The van der Waals surface area contributed by atoms with E-state index in [4.69, 9.17) is 15.2 Å². The molecule has 0 atom stereocenters. The van der Waals surface area contributed by atoms with Crippen molar-refractivity contribution in [3.8, 4) is 11.5 Å². The van der Waals surface area contributed by atoms with Gasteiger partial charge in [0.1, 0.15) is 0 Å². The smallest absolute Gasteiger partial charge is 0.271 e. The number of nitrogens with two attached hydrogens (primary N) is 1. The van der Waals surface area contributed by atoms with Gasteiger partial charge in [-0.1, -0.05) is 12.1 Å². The summed E-state index contributed by atoms with van der Waals surface area (Å²) in [5.41, 5.74) is 10.9. The molecule has 1 amide bonds. The molecule has 1 aliphatic rings. The Hall–Kier alpha value is -3.02. The lowest BCUT2D eigenvalue weighted by molar-refractivity contribution is 0.0954. The van der Waals surface area contributed by atoms with Gasteiger partial charge in [0, 0.05) is 11.3 Å². The van der Waals surface area contributed by atoms with Crippen molar-refractivity contribution in [2.24, 2.45) is 5.10 Å². The van der Waals surface area contributed by atoms with Gasteiger partial charge in [-0.25, -0.2) is 5.43 Å². The number of nitrogen functional groups attached to an aromatic ring is 1. The summed E-state index contributed by atoms with van der Waals surface area (Å²) in [6.07, 6.45) is 0. The average molecular weight is 297 g/mol. The van der Waals surface area contributed by atoms with E-state index >= 15 is 0 Å². The second-order valence-electron chi connectivity index (χ2n) is 4.83. The lowest BCUT2D eigenvalue weighted by Crippen LogP contribution is -2.19. The zero-order valence-electron chi connectivity index (χ0n) is 12.0. The molecule has 3 N–H and O–H groups in total. The van der Waals surface area contributed by atoms with E-state index in [0.29, 0.717) is 28.5 Å². The number of carbonyl (C=O) groups is 1. The third kappa shape index (κ3) is 2.85. The summed E-state index contributed by atoms with van der Waals surface area (Å²) < 4.78 is 10.5. The van der Waals surface area contributed by atoms with E-state index in [2.05, 4.69) is 10.5 Å². The third-order valence-corrected chi connectivity index (χ3v) is 3.26. The van der Waals surface area contributed by atoms with Crippen molar-refractivity contribution in [2.45, 2.75) is 6.92 Å². The molecule has 0 aromatic heterocycles. The van der Waals surface area contributed by atoms with E-state index in [9.17, 15) is 4.79 Å². The Balaban J connectivity index is 1.73. The number of nitrogens with zero attached hydrogens (tertiary/aromatic N) is 1. The summed E-state index contributed by atoms with van der Waals surface area (Å²) in [7, 11) is 0. The maximum atomic E-state index is 12.1. The number of anilines is 1. The van der Waals surface area contributed by atoms with Crippen LogP contribution in [0.25, 0.3) is 0 Å². The fourth-order valence-corrected chi connectivity index (χ4v) is 2.07. The minimum atomic E-state index is -0.318. The Morgan fingerprint density at radius 2 is 1.95 bits per heavy atom. The van der Waals surface area contributed by atoms with Gasteiger partial charge < -0.3 is 15.2 Å². The van der Waals surface area contributed by atoms with E-state index in [1.165, 1.54) is 0 Å². The standard InChI is InChI=1S/C16H15N3O3/c1-10(11-3-2-4-13(17)7-11)18-19-16(20)12-5-6-14-15(8-12)22-9-21-14/h2-8H,9,17H2,1H3,(H,19,20)/b18-10-. The Kier molecular flexibility index (Phi) is 3.65. The molecule has 2 aromatic carbocycles. The number of benzene rings is 2. The highest BCUT2D eigenvalue weighted by atomic mass is 16.7. The molecule has 0 saturated carbocycles. The summed E-state index contributed by atoms with van der Waals surface area (Å²) in [6, 6.07) is 12.3. The predicted octanol–water partition coefficient (Wildman–Crippen LogP) is 2.15. The van der Waals surface area contributed by atoms with Crippen molar-refractivity contribution in [2.75, 3.05) is 12.5 Å². The summed E-state index contributed by atoms with van der Waals surface area (Å²) >= 11 is 0. The van der Waals surface area contributed by atoms with Crippen LogP contribution >= 0.6 is 0 Å². The summed E-state index contributed by atoms with van der Waals surface area (Å²) in [5.74, 6) is 0.877. The number of fused-ring (bicyclic) bond motifs is 1. The molecule has 22 heavy (non-hydrogen) atoms.